The summed E-state index contributed by atoms with van der Waals surface area (Å²) in [6.45, 7) is 3.75. The first-order chi connectivity index (χ1) is 19.8. The van der Waals surface area contributed by atoms with E-state index in [4.69, 9.17) is 13.6 Å². The summed E-state index contributed by atoms with van der Waals surface area (Å²) in [5.74, 6) is 0.289. The Bertz CT molecular complexity index is 1800. The van der Waals surface area contributed by atoms with Gasteiger partial charge < -0.3 is 18.9 Å². The minimum atomic E-state index is -0.382. The Kier molecular flexibility index (Phi) is 6.57. The van der Waals surface area contributed by atoms with E-state index in [1.54, 1.807) is 30.1 Å². The van der Waals surface area contributed by atoms with Gasteiger partial charge in [-0.05, 0) is 91.9 Å². The van der Waals surface area contributed by atoms with Gasteiger partial charge in [-0.2, -0.15) is 0 Å². The van der Waals surface area contributed by atoms with Crippen LogP contribution in [-0.2, 0) is 0 Å². The number of furan rings is 1. The van der Waals surface area contributed by atoms with E-state index in [9.17, 15) is 14.0 Å². The smallest absolute Gasteiger partial charge is 0.264 e. The average Bonchev–Trinajstić information content (AvgIpc) is 3.61. The normalized spacial score (nSPS) is 12.9. The first kappa shape index (κ1) is 26.3. The van der Waals surface area contributed by atoms with E-state index in [1.807, 2.05) is 38.1 Å². The number of oxazole rings is 1. The van der Waals surface area contributed by atoms with Gasteiger partial charge in [0.1, 0.15) is 28.6 Å². The number of rotatable bonds is 7. The van der Waals surface area contributed by atoms with Crippen LogP contribution >= 0.6 is 0 Å². The number of hydrogen-bond donors (Lipinski definition) is 1. The van der Waals surface area contributed by atoms with Gasteiger partial charge >= 0.3 is 0 Å². The largest absolute Gasteiger partial charge is 0.496 e. The fraction of sp³-hybridized carbons (Fsp3) is 0.219. The van der Waals surface area contributed by atoms with E-state index in [0.29, 0.717) is 50.7 Å². The summed E-state index contributed by atoms with van der Waals surface area (Å²) in [7, 11) is 3.09. The molecular weight excluding hydrogens is 525 g/mol. The summed E-state index contributed by atoms with van der Waals surface area (Å²) in [5, 5.41) is 3.28. The van der Waals surface area contributed by atoms with Gasteiger partial charge in [0.25, 0.3) is 11.8 Å². The summed E-state index contributed by atoms with van der Waals surface area (Å²) in [6, 6.07) is 15.0. The Morgan fingerprint density at radius 1 is 1.05 bits per heavy atom. The standard InChI is InChI=1S/C32H28FN3O5/c1-17-13-27(39-4)25(31(38)36(22-10-11-22)32-18(2)35-16-40-32)15-23(17)20-7-12-26-24(14-20)28(30(37)34-3)29(41-26)19-5-8-21(33)9-6-19/h5-9,12-16,22H,10-11H2,1-4H3,(H,34,37). The van der Waals surface area contributed by atoms with E-state index in [2.05, 4.69) is 10.3 Å². The molecule has 0 spiro atoms. The number of aryl methyl sites for hydroxylation is 2. The molecule has 1 aliphatic carbocycles. The van der Waals surface area contributed by atoms with Gasteiger partial charge in [0.05, 0.1) is 18.2 Å². The number of hydrogen-bond acceptors (Lipinski definition) is 6. The summed E-state index contributed by atoms with van der Waals surface area (Å²) >= 11 is 0. The van der Waals surface area contributed by atoms with Crippen LogP contribution in [0.5, 0.6) is 5.75 Å². The number of methoxy groups -OCH3 is 1. The van der Waals surface area contributed by atoms with Crippen LogP contribution in [0, 0.1) is 19.7 Å². The molecule has 0 bridgehead atoms. The van der Waals surface area contributed by atoms with Crippen LogP contribution in [0.4, 0.5) is 10.3 Å². The van der Waals surface area contributed by atoms with Gasteiger partial charge in [0.2, 0.25) is 5.88 Å². The molecule has 8 nitrogen and oxygen atoms in total. The van der Waals surface area contributed by atoms with E-state index in [1.165, 1.54) is 25.6 Å². The summed E-state index contributed by atoms with van der Waals surface area (Å²) < 4.78 is 31.0. The van der Waals surface area contributed by atoms with E-state index >= 15 is 0 Å². The van der Waals surface area contributed by atoms with Gasteiger partial charge in [-0.3, -0.25) is 14.5 Å². The van der Waals surface area contributed by atoms with Crippen molar-refractivity contribution in [3.05, 3.63) is 89.2 Å². The average molecular weight is 554 g/mol. The molecule has 1 saturated carbocycles. The highest BCUT2D eigenvalue weighted by atomic mass is 19.1. The molecule has 208 valence electrons. The van der Waals surface area contributed by atoms with Crippen molar-refractivity contribution >= 4 is 28.7 Å². The van der Waals surface area contributed by atoms with Gasteiger partial charge in [-0.25, -0.2) is 9.37 Å². The van der Waals surface area contributed by atoms with Gasteiger partial charge in [-0.1, -0.05) is 6.07 Å². The topological polar surface area (TPSA) is 97.8 Å². The van der Waals surface area contributed by atoms with Gasteiger partial charge in [0, 0.05) is 24.0 Å². The summed E-state index contributed by atoms with van der Waals surface area (Å²) in [5.41, 5.74) is 4.94. The number of nitrogens with one attached hydrogen (secondary N) is 1. The molecule has 41 heavy (non-hydrogen) atoms. The van der Waals surface area contributed by atoms with Crippen LogP contribution in [0.1, 0.15) is 44.8 Å². The number of fused-ring (bicyclic) bond motifs is 1. The number of halogens is 1. The summed E-state index contributed by atoms with van der Waals surface area (Å²) in [4.78, 5) is 32.9. The number of benzene rings is 3. The number of anilines is 1. The molecule has 2 heterocycles. The number of ether oxygens (including phenoxy) is 1. The number of amides is 2. The first-order valence-electron chi connectivity index (χ1n) is 13.3. The predicted molar refractivity (Wildman–Crippen MR) is 153 cm³/mol. The summed E-state index contributed by atoms with van der Waals surface area (Å²) in [6.07, 6.45) is 3.10. The van der Waals surface area contributed by atoms with Crippen LogP contribution < -0.4 is 15.0 Å². The van der Waals surface area contributed by atoms with Crippen molar-refractivity contribution in [3.63, 3.8) is 0 Å². The molecule has 3 aromatic carbocycles. The van der Waals surface area contributed by atoms with Gasteiger partial charge in [0.15, 0.2) is 6.39 Å². The quantitative estimate of drug-likeness (QED) is 0.241. The molecule has 9 heteroatoms. The molecule has 5 aromatic rings. The lowest BCUT2D eigenvalue weighted by Crippen LogP contribution is -2.33. The number of carbonyl (C=O) groups excluding carboxylic acids is 2. The lowest BCUT2D eigenvalue weighted by Gasteiger charge is -2.22. The third kappa shape index (κ3) is 4.63. The third-order valence-electron chi connectivity index (χ3n) is 7.41. The molecule has 0 aliphatic heterocycles. The van der Waals surface area contributed by atoms with Crippen molar-refractivity contribution in [3.8, 4) is 28.2 Å². The molecule has 1 fully saturated rings. The zero-order chi connectivity index (χ0) is 28.8. The minimum Gasteiger partial charge on any atom is -0.496 e. The Balaban J connectivity index is 1.49. The molecule has 2 amide bonds. The van der Waals surface area contributed by atoms with Crippen molar-refractivity contribution in [2.75, 3.05) is 19.1 Å². The molecular formula is C32H28FN3O5. The number of aromatic nitrogens is 1. The zero-order valence-corrected chi connectivity index (χ0v) is 23.1. The Morgan fingerprint density at radius 2 is 1.78 bits per heavy atom. The molecule has 0 radical (unpaired) electrons. The fourth-order valence-electron chi connectivity index (χ4n) is 5.16. The Labute approximate surface area is 235 Å². The SMILES string of the molecule is CNC(=O)c1c(-c2ccc(F)cc2)oc2ccc(-c3cc(C(=O)N(c4ocnc4C)C4CC4)c(OC)cc3C)cc12. The minimum absolute atomic E-state index is 0.0332. The second-order valence-corrected chi connectivity index (χ2v) is 10.1. The van der Waals surface area contributed by atoms with E-state index in [-0.39, 0.29) is 23.7 Å². The highest BCUT2D eigenvalue weighted by Gasteiger charge is 2.38. The predicted octanol–water partition coefficient (Wildman–Crippen LogP) is 6.69. The van der Waals surface area contributed by atoms with Crippen molar-refractivity contribution < 1.29 is 27.6 Å². The second kappa shape index (κ2) is 10.2. The number of carbonyl (C=O) groups is 2. The lowest BCUT2D eigenvalue weighted by atomic mass is 9.95. The molecule has 1 N–H and O–H groups in total. The van der Waals surface area contributed by atoms with Crippen LogP contribution in [-0.4, -0.2) is 37.0 Å². The highest BCUT2D eigenvalue weighted by Crippen LogP contribution is 2.40. The molecule has 2 aromatic heterocycles. The fourth-order valence-corrected chi connectivity index (χ4v) is 5.16. The molecule has 0 unspecified atom stereocenters. The first-order valence-corrected chi connectivity index (χ1v) is 13.3. The maximum Gasteiger partial charge on any atom is 0.264 e. The van der Waals surface area contributed by atoms with Crippen molar-refractivity contribution in [2.45, 2.75) is 32.7 Å². The zero-order valence-electron chi connectivity index (χ0n) is 23.1. The van der Waals surface area contributed by atoms with Crippen LogP contribution in [0.15, 0.2) is 69.8 Å². The van der Waals surface area contributed by atoms with Crippen LogP contribution in [0.3, 0.4) is 0 Å². The maximum atomic E-state index is 14.0. The van der Waals surface area contributed by atoms with E-state index < -0.39 is 0 Å². The van der Waals surface area contributed by atoms with Crippen LogP contribution in [0.25, 0.3) is 33.4 Å². The van der Waals surface area contributed by atoms with Crippen molar-refractivity contribution in [1.82, 2.24) is 10.3 Å². The van der Waals surface area contributed by atoms with Gasteiger partial charge in [-0.15, -0.1) is 0 Å². The van der Waals surface area contributed by atoms with Crippen LogP contribution in [0.2, 0.25) is 0 Å². The highest BCUT2D eigenvalue weighted by molar-refractivity contribution is 6.12. The maximum absolute atomic E-state index is 14.0. The van der Waals surface area contributed by atoms with Crippen molar-refractivity contribution in [1.29, 1.82) is 0 Å². The Hall–Kier alpha value is -4.92. The number of nitrogens with zero attached hydrogens (tertiary/aromatic N) is 2. The monoisotopic (exact) mass is 553 g/mol. The Morgan fingerprint density at radius 3 is 2.41 bits per heavy atom. The molecule has 6 rings (SSSR count). The second-order valence-electron chi connectivity index (χ2n) is 10.1. The van der Waals surface area contributed by atoms with Crippen molar-refractivity contribution in [2.24, 2.45) is 0 Å². The molecule has 1 aliphatic rings. The molecule has 0 atom stereocenters. The molecule has 0 saturated heterocycles. The third-order valence-corrected chi connectivity index (χ3v) is 7.41. The van der Waals surface area contributed by atoms with E-state index in [0.717, 1.165) is 29.5 Å². The lowest BCUT2D eigenvalue weighted by molar-refractivity contribution is 0.0960.